The number of hydrogen-bond donors (Lipinski definition) is 1. The highest BCUT2D eigenvalue weighted by Gasteiger charge is 2.10. The molecule has 5 heteroatoms. The summed E-state index contributed by atoms with van der Waals surface area (Å²) in [6.45, 7) is 6.33. The predicted octanol–water partition coefficient (Wildman–Crippen LogP) is 2.31. The second-order valence-electron chi connectivity index (χ2n) is 4.78. The molecule has 1 saturated heterocycles. The van der Waals surface area contributed by atoms with E-state index in [1.807, 2.05) is 6.92 Å². The highest BCUT2D eigenvalue weighted by molar-refractivity contribution is 7.09. The average molecular weight is 274 g/mol. The van der Waals surface area contributed by atoms with Gasteiger partial charge in [-0.1, -0.05) is 0 Å². The SMILES string of the molecule is Cc1nsc(-c2ccc(N3CCCNCC3)cc2)n1. The van der Waals surface area contributed by atoms with Gasteiger partial charge in [0.2, 0.25) is 0 Å². The van der Waals surface area contributed by atoms with E-state index in [9.17, 15) is 0 Å². The van der Waals surface area contributed by atoms with Gasteiger partial charge >= 0.3 is 0 Å². The number of hydrogen-bond acceptors (Lipinski definition) is 5. The number of rotatable bonds is 2. The van der Waals surface area contributed by atoms with Gasteiger partial charge in [0.1, 0.15) is 10.8 Å². The summed E-state index contributed by atoms with van der Waals surface area (Å²) in [6, 6.07) is 8.68. The summed E-state index contributed by atoms with van der Waals surface area (Å²) >= 11 is 1.46. The van der Waals surface area contributed by atoms with E-state index in [1.54, 1.807) is 0 Å². The molecule has 0 amide bonds. The Labute approximate surface area is 117 Å². The van der Waals surface area contributed by atoms with Gasteiger partial charge < -0.3 is 10.2 Å². The monoisotopic (exact) mass is 274 g/mol. The number of nitrogens with one attached hydrogen (secondary N) is 1. The maximum Gasteiger partial charge on any atom is 0.144 e. The number of nitrogens with zero attached hydrogens (tertiary/aromatic N) is 3. The van der Waals surface area contributed by atoms with Crippen molar-refractivity contribution in [1.82, 2.24) is 14.7 Å². The molecule has 1 aromatic carbocycles. The third-order valence-electron chi connectivity index (χ3n) is 3.35. The molecule has 3 rings (SSSR count). The molecule has 0 bridgehead atoms. The Morgan fingerprint density at radius 3 is 2.74 bits per heavy atom. The van der Waals surface area contributed by atoms with Gasteiger partial charge in [0.05, 0.1) is 0 Å². The Morgan fingerprint density at radius 2 is 2.00 bits per heavy atom. The highest BCUT2D eigenvalue weighted by atomic mass is 32.1. The van der Waals surface area contributed by atoms with Crippen LogP contribution in [0.5, 0.6) is 0 Å². The molecular weight excluding hydrogens is 256 g/mol. The Balaban J connectivity index is 1.78. The fraction of sp³-hybridized carbons (Fsp3) is 0.429. The van der Waals surface area contributed by atoms with Gasteiger partial charge in [-0.15, -0.1) is 0 Å². The largest absolute Gasteiger partial charge is 0.370 e. The first-order chi connectivity index (χ1) is 9.33. The third-order valence-corrected chi connectivity index (χ3v) is 4.20. The van der Waals surface area contributed by atoms with Crippen LogP contribution in [0.3, 0.4) is 0 Å². The molecule has 1 aromatic heterocycles. The van der Waals surface area contributed by atoms with Crippen molar-refractivity contribution in [2.75, 3.05) is 31.1 Å². The summed E-state index contributed by atoms with van der Waals surface area (Å²) in [6.07, 6.45) is 1.21. The standard InChI is InChI=1S/C14H18N4S/c1-11-16-14(19-17-11)12-3-5-13(6-4-12)18-9-2-7-15-8-10-18/h3-6,15H,2,7-10H2,1H3. The molecule has 0 saturated carbocycles. The van der Waals surface area contributed by atoms with E-state index in [2.05, 4.69) is 43.8 Å². The van der Waals surface area contributed by atoms with Gasteiger partial charge in [0.15, 0.2) is 0 Å². The molecule has 100 valence electrons. The highest BCUT2D eigenvalue weighted by Crippen LogP contribution is 2.24. The van der Waals surface area contributed by atoms with Crippen LogP contribution in [0, 0.1) is 6.92 Å². The van der Waals surface area contributed by atoms with E-state index < -0.39 is 0 Å². The molecule has 1 fully saturated rings. The van der Waals surface area contributed by atoms with Gasteiger partial charge in [-0.3, -0.25) is 0 Å². The topological polar surface area (TPSA) is 41.1 Å². The number of anilines is 1. The lowest BCUT2D eigenvalue weighted by Gasteiger charge is -2.22. The Kier molecular flexibility index (Phi) is 3.75. The van der Waals surface area contributed by atoms with Crippen LogP contribution in [0.15, 0.2) is 24.3 Å². The summed E-state index contributed by atoms with van der Waals surface area (Å²) in [4.78, 5) is 6.86. The zero-order valence-corrected chi connectivity index (χ0v) is 11.9. The second kappa shape index (κ2) is 5.67. The zero-order chi connectivity index (χ0) is 13.1. The number of aromatic nitrogens is 2. The van der Waals surface area contributed by atoms with E-state index in [-0.39, 0.29) is 0 Å². The zero-order valence-electron chi connectivity index (χ0n) is 11.1. The molecule has 2 heterocycles. The first-order valence-electron chi connectivity index (χ1n) is 6.69. The summed E-state index contributed by atoms with van der Waals surface area (Å²) in [5.74, 6) is 0.850. The Hall–Kier alpha value is -1.46. The molecule has 1 aliphatic heterocycles. The smallest absolute Gasteiger partial charge is 0.144 e. The molecule has 0 aliphatic carbocycles. The van der Waals surface area contributed by atoms with E-state index in [0.717, 1.165) is 42.6 Å². The van der Waals surface area contributed by atoms with E-state index >= 15 is 0 Å². The first-order valence-corrected chi connectivity index (χ1v) is 7.47. The minimum absolute atomic E-state index is 0.850. The van der Waals surface area contributed by atoms with Gasteiger partial charge in [-0.2, -0.15) is 4.37 Å². The molecule has 2 aromatic rings. The molecule has 4 nitrogen and oxygen atoms in total. The molecule has 0 spiro atoms. The molecule has 0 unspecified atom stereocenters. The lowest BCUT2D eigenvalue weighted by Crippen LogP contribution is -2.27. The fourth-order valence-corrected chi connectivity index (χ4v) is 3.01. The lowest BCUT2D eigenvalue weighted by atomic mass is 10.2. The van der Waals surface area contributed by atoms with Crippen molar-refractivity contribution in [1.29, 1.82) is 0 Å². The van der Waals surface area contributed by atoms with Crippen LogP contribution >= 0.6 is 11.5 Å². The van der Waals surface area contributed by atoms with Gasteiger partial charge in [-0.25, -0.2) is 4.98 Å². The van der Waals surface area contributed by atoms with Crippen molar-refractivity contribution in [2.24, 2.45) is 0 Å². The Morgan fingerprint density at radius 1 is 1.16 bits per heavy atom. The first kappa shape index (κ1) is 12.6. The van der Waals surface area contributed by atoms with Crippen molar-refractivity contribution >= 4 is 17.2 Å². The maximum atomic E-state index is 4.42. The maximum absolute atomic E-state index is 4.42. The summed E-state index contributed by atoms with van der Waals surface area (Å²) in [5, 5.41) is 4.43. The summed E-state index contributed by atoms with van der Waals surface area (Å²) in [7, 11) is 0. The van der Waals surface area contributed by atoms with Crippen molar-refractivity contribution in [3.63, 3.8) is 0 Å². The molecule has 0 radical (unpaired) electrons. The van der Waals surface area contributed by atoms with Crippen LogP contribution < -0.4 is 10.2 Å². The van der Waals surface area contributed by atoms with Crippen LogP contribution in [0.2, 0.25) is 0 Å². The van der Waals surface area contributed by atoms with Gasteiger partial charge in [0.25, 0.3) is 0 Å². The van der Waals surface area contributed by atoms with Crippen molar-refractivity contribution in [3.05, 3.63) is 30.1 Å². The molecule has 1 aliphatic rings. The fourth-order valence-electron chi connectivity index (χ4n) is 2.33. The van der Waals surface area contributed by atoms with Crippen LogP contribution in [-0.4, -0.2) is 35.5 Å². The van der Waals surface area contributed by atoms with E-state index in [4.69, 9.17) is 0 Å². The number of aryl methyl sites for hydroxylation is 1. The van der Waals surface area contributed by atoms with Gasteiger partial charge in [-0.05, 0) is 55.7 Å². The van der Waals surface area contributed by atoms with Crippen LogP contribution in [0.1, 0.15) is 12.2 Å². The Bertz CT molecular complexity index is 527. The molecule has 0 atom stereocenters. The van der Waals surface area contributed by atoms with Crippen LogP contribution in [0.25, 0.3) is 10.6 Å². The quantitative estimate of drug-likeness (QED) is 0.912. The van der Waals surface area contributed by atoms with E-state index in [1.165, 1.54) is 23.6 Å². The lowest BCUT2D eigenvalue weighted by molar-refractivity contribution is 0.724. The normalized spacial score (nSPS) is 16.4. The molecule has 19 heavy (non-hydrogen) atoms. The van der Waals surface area contributed by atoms with E-state index in [0.29, 0.717) is 0 Å². The second-order valence-corrected chi connectivity index (χ2v) is 5.54. The third kappa shape index (κ3) is 2.93. The molecular formula is C14H18N4S. The van der Waals surface area contributed by atoms with Crippen molar-refractivity contribution < 1.29 is 0 Å². The minimum atomic E-state index is 0.850. The summed E-state index contributed by atoms with van der Waals surface area (Å²) in [5.41, 5.74) is 2.45. The molecule has 1 N–H and O–H groups in total. The van der Waals surface area contributed by atoms with Crippen molar-refractivity contribution in [3.8, 4) is 10.6 Å². The average Bonchev–Trinajstić information content (AvgIpc) is 2.72. The number of benzene rings is 1. The van der Waals surface area contributed by atoms with Crippen LogP contribution in [0.4, 0.5) is 5.69 Å². The van der Waals surface area contributed by atoms with Crippen LogP contribution in [-0.2, 0) is 0 Å². The summed E-state index contributed by atoms with van der Waals surface area (Å²) < 4.78 is 4.23. The van der Waals surface area contributed by atoms with Gasteiger partial charge in [0, 0.05) is 30.9 Å². The van der Waals surface area contributed by atoms with Crippen molar-refractivity contribution in [2.45, 2.75) is 13.3 Å². The predicted molar refractivity (Wildman–Crippen MR) is 79.8 cm³/mol. The minimum Gasteiger partial charge on any atom is -0.370 e.